The van der Waals surface area contributed by atoms with Crippen LogP contribution >= 0.6 is 23.6 Å². The van der Waals surface area contributed by atoms with Crippen LogP contribution < -0.4 is 5.32 Å². The average Bonchev–Trinajstić information content (AvgIpc) is 2.68. The molecule has 0 saturated carbocycles. The highest BCUT2D eigenvalue weighted by atomic mass is 32.1. The fourth-order valence-corrected chi connectivity index (χ4v) is 1.91. The maximum Gasteiger partial charge on any atom is 0.223 e. The standard InChI is InChI=1S/C8H10.C4H5N3OS2/c1-7-3-5-8(2)6-4-7;1-2(8)5-3-6-7-4(9)10-3/h3-6H,1-2H3;1H3,(H,7,9)(H,5,6,8). The van der Waals surface area contributed by atoms with E-state index in [4.69, 9.17) is 12.2 Å². The second kappa shape index (κ2) is 7.03. The molecule has 1 heterocycles. The van der Waals surface area contributed by atoms with E-state index in [1.54, 1.807) is 0 Å². The summed E-state index contributed by atoms with van der Waals surface area (Å²) in [6.07, 6.45) is 0. The lowest BCUT2D eigenvalue weighted by molar-refractivity contribution is -0.114. The SMILES string of the molecule is CC(=O)Nc1n[nH]c(=S)s1.Cc1ccc(C)cc1. The van der Waals surface area contributed by atoms with E-state index in [2.05, 4.69) is 53.6 Å². The molecule has 2 N–H and O–H groups in total. The minimum Gasteiger partial charge on any atom is -0.301 e. The van der Waals surface area contributed by atoms with Crippen molar-refractivity contribution in [3.05, 3.63) is 39.3 Å². The maximum absolute atomic E-state index is 10.4. The van der Waals surface area contributed by atoms with Gasteiger partial charge in [-0.1, -0.05) is 46.7 Å². The van der Waals surface area contributed by atoms with Gasteiger partial charge >= 0.3 is 0 Å². The highest BCUT2D eigenvalue weighted by Gasteiger charge is 1.96. The molecule has 0 unspecified atom stereocenters. The van der Waals surface area contributed by atoms with Crippen molar-refractivity contribution in [2.24, 2.45) is 0 Å². The first-order chi connectivity index (χ1) is 8.47. The summed E-state index contributed by atoms with van der Waals surface area (Å²) in [5, 5.41) is 9.26. The van der Waals surface area contributed by atoms with Gasteiger partial charge in [0.05, 0.1) is 0 Å². The number of hydrogen-bond donors (Lipinski definition) is 2. The zero-order valence-corrected chi connectivity index (χ0v) is 12.1. The smallest absolute Gasteiger partial charge is 0.223 e. The van der Waals surface area contributed by atoms with E-state index in [9.17, 15) is 4.79 Å². The molecule has 96 valence electrons. The van der Waals surface area contributed by atoms with E-state index in [0.29, 0.717) is 9.09 Å². The van der Waals surface area contributed by atoms with Crippen LogP contribution in [0.3, 0.4) is 0 Å². The molecule has 0 aliphatic carbocycles. The number of H-pyrrole nitrogens is 1. The van der Waals surface area contributed by atoms with Gasteiger partial charge in [0, 0.05) is 6.92 Å². The van der Waals surface area contributed by atoms with E-state index in [1.165, 1.54) is 29.4 Å². The normalized spacial score (nSPS) is 9.28. The predicted molar refractivity (Wildman–Crippen MR) is 77.5 cm³/mol. The Balaban J connectivity index is 0.000000184. The molecule has 2 aromatic rings. The van der Waals surface area contributed by atoms with E-state index in [0.717, 1.165) is 0 Å². The predicted octanol–water partition coefficient (Wildman–Crippen LogP) is 3.46. The third-order valence-corrected chi connectivity index (χ3v) is 2.94. The molecule has 18 heavy (non-hydrogen) atoms. The minimum absolute atomic E-state index is 0.141. The summed E-state index contributed by atoms with van der Waals surface area (Å²) in [6.45, 7) is 5.61. The fraction of sp³-hybridized carbons (Fsp3) is 0.250. The molecule has 1 aromatic heterocycles. The number of carbonyl (C=O) groups is 1. The van der Waals surface area contributed by atoms with Crippen molar-refractivity contribution < 1.29 is 4.79 Å². The summed E-state index contributed by atoms with van der Waals surface area (Å²) < 4.78 is 0.559. The third-order valence-electron chi connectivity index (χ3n) is 1.94. The van der Waals surface area contributed by atoms with Crippen LogP contribution in [0.15, 0.2) is 24.3 Å². The molecule has 4 nitrogen and oxygen atoms in total. The lowest BCUT2D eigenvalue weighted by Crippen LogP contribution is -2.04. The first-order valence-electron chi connectivity index (χ1n) is 5.34. The summed E-state index contributed by atoms with van der Waals surface area (Å²) in [7, 11) is 0. The number of amides is 1. The van der Waals surface area contributed by atoms with Gasteiger partial charge in [-0.25, -0.2) is 0 Å². The number of aromatic amines is 1. The zero-order valence-electron chi connectivity index (χ0n) is 10.5. The lowest BCUT2D eigenvalue weighted by Gasteiger charge is -1.90. The van der Waals surface area contributed by atoms with E-state index in [-0.39, 0.29) is 5.91 Å². The van der Waals surface area contributed by atoms with Crippen LogP contribution in [0, 0.1) is 17.8 Å². The van der Waals surface area contributed by atoms with Crippen molar-refractivity contribution in [1.82, 2.24) is 10.2 Å². The highest BCUT2D eigenvalue weighted by Crippen LogP contribution is 2.09. The Morgan fingerprint density at radius 3 is 2.11 bits per heavy atom. The molecule has 0 aliphatic rings. The molecule has 0 saturated heterocycles. The Hall–Kier alpha value is -1.53. The van der Waals surface area contributed by atoms with Gasteiger partial charge in [-0.15, -0.1) is 5.10 Å². The minimum atomic E-state index is -0.141. The van der Waals surface area contributed by atoms with Crippen molar-refractivity contribution in [3.8, 4) is 0 Å². The van der Waals surface area contributed by atoms with Crippen molar-refractivity contribution >= 4 is 34.6 Å². The van der Waals surface area contributed by atoms with Crippen molar-refractivity contribution in [3.63, 3.8) is 0 Å². The van der Waals surface area contributed by atoms with E-state index in [1.807, 2.05) is 0 Å². The van der Waals surface area contributed by atoms with Crippen molar-refractivity contribution in [1.29, 1.82) is 0 Å². The number of nitrogens with zero attached hydrogens (tertiary/aromatic N) is 1. The Kier molecular flexibility index (Phi) is 5.67. The van der Waals surface area contributed by atoms with Gasteiger partial charge in [-0.05, 0) is 26.1 Å². The van der Waals surface area contributed by atoms with Gasteiger partial charge in [-0.3, -0.25) is 9.89 Å². The Morgan fingerprint density at radius 2 is 1.78 bits per heavy atom. The quantitative estimate of drug-likeness (QED) is 0.787. The van der Waals surface area contributed by atoms with E-state index < -0.39 is 0 Å². The van der Waals surface area contributed by atoms with Crippen LogP contribution in [0.1, 0.15) is 18.1 Å². The Morgan fingerprint density at radius 1 is 1.28 bits per heavy atom. The van der Waals surface area contributed by atoms with Crippen LogP contribution in [0.25, 0.3) is 0 Å². The molecule has 0 radical (unpaired) electrons. The molecule has 0 aliphatic heterocycles. The number of nitrogens with one attached hydrogen (secondary N) is 2. The zero-order chi connectivity index (χ0) is 13.5. The number of hydrogen-bond acceptors (Lipinski definition) is 4. The van der Waals surface area contributed by atoms with Gasteiger partial charge in [-0.2, -0.15) is 0 Å². The number of aryl methyl sites for hydroxylation is 2. The summed E-state index contributed by atoms with van der Waals surface area (Å²) in [4.78, 5) is 10.4. The molecule has 0 fully saturated rings. The molecule has 0 spiro atoms. The molecule has 6 heteroatoms. The first-order valence-corrected chi connectivity index (χ1v) is 6.56. The van der Waals surface area contributed by atoms with Crippen molar-refractivity contribution in [2.75, 3.05) is 5.32 Å². The average molecular weight is 281 g/mol. The largest absolute Gasteiger partial charge is 0.301 e. The second-order valence-electron chi connectivity index (χ2n) is 3.75. The summed E-state index contributed by atoms with van der Waals surface area (Å²) in [5.74, 6) is -0.141. The molecular weight excluding hydrogens is 266 g/mol. The van der Waals surface area contributed by atoms with Gasteiger partial charge in [0.25, 0.3) is 0 Å². The number of benzene rings is 1. The lowest BCUT2D eigenvalue weighted by atomic mass is 10.2. The molecule has 1 amide bonds. The molecule has 2 rings (SSSR count). The molecule has 1 aromatic carbocycles. The monoisotopic (exact) mass is 281 g/mol. The number of carbonyl (C=O) groups excluding carboxylic acids is 1. The van der Waals surface area contributed by atoms with Crippen LogP contribution in [-0.4, -0.2) is 16.1 Å². The molecule has 0 bridgehead atoms. The fourth-order valence-electron chi connectivity index (χ4n) is 1.07. The van der Waals surface area contributed by atoms with Crippen LogP contribution in [0.5, 0.6) is 0 Å². The van der Waals surface area contributed by atoms with Gasteiger partial charge in [0.2, 0.25) is 11.0 Å². The second-order valence-corrected chi connectivity index (χ2v) is 5.42. The first kappa shape index (κ1) is 14.5. The van der Waals surface area contributed by atoms with Gasteiger partial charge < -0.3 is 5.32 Å². The highest BCUT2D eigenvalue weighted by molar-refractivity contribution is 7.73. The van der Waals surface area contributed by atoms with Crippen LogP contribution in [0.2, 0.25) is 0 Å². The summed E-state index contributed by atoms with van der Waals surface area (Å²) in [6, 6.07) is 8.48. The topological polar surface area (TPSA) is 57.8 Å². The Bertz CT molecular complexity index is 536. The maximum atomic E-state index is 10.4. The van der Waals surface area contributed by atoms with Crippen LogP contribution in [-0.2, 0) is 4.79 Å². The number of aromatic nitrogens is 2. The van der Waals surface area contributed by atoms with Gasteiger partial charge in [0.1, 0.15) is 0 Å². The van der Waals surface area contributed by atoms with E-state index >= 15 is 0 Å². The van der Waals surface area contributed by atoms with Crippen LogP contribution in [0.4, 0.5) is 5.13 Å². The third kappa shape index (κ3) is 5.70. The summed E-state index contributed by atoms with van der Waals surface area (Å²) in [5.41, 5.74) is 2.66. The number of rotatable bonds is 1. The number of anilines is 1. The Labute approximate surface area is 115 Å². The summed E-state index contributed by atoms with van der Waals surface area (Å²) >= 11 is 5.97. The van der Waals surface area contributed by atoms with Gasteiger partial charge in [0.15, 0.2) is 3.95 Å². The molecular formula is C12H15N3OS2. The molecule has 0 atom stereocenters. The van der Waals surface area contributed by atoms with Crippen molar-refractivity contribution in [2.45, 2.75) is 20.8 Å².